The highest BCUT2D eigenvalue weighted by molar-refractivity contribution is 6.08. The number of hydrogen-bond acceptors (Lipinski definition) is 5. The number of rotatable bonds is 3. The van der Waals surface area contributed by atoms with E-state index in [4.69, 9.17) is 4.74 Å². The third kappa shape index (κ3) is 1.85. The Morgan fingerprint density at radius 2 is 2.26 bits per heavy atom. The van der Waals surface area contributed by atoms with Gasteiger partial charge in [-0.15, -0.1) is 0 Å². The van der Waals surface area contributed by atoms with Crippen molar-refractivity contribution in [3.63, 3.8) is 0 Å². The topological polar surface area (TPSA) is 96.6 Å². The second-order valence-electron chi connectivity index (χ2n) is 3.86. The lowest BCUT2D eigenvalue weighted by molar-refractivity contribution is 0.0528. The molecule has 7 nitrogen and oxygen atoms in total. The Labute approximate surface area is 108 Å². The Bertz CT molecular complexity index is 717. The molecule has 3 aromatic heterocycles. The van der Waals surface area contributed by atoms with Crippen LogP contribution in [0.25, 0.3) is 22.3 Å². The van der Waals surface area contributed by atoms with Crippen LogP contribution in [0.5, 0.6) is 0 Å². The minimum atomic E-state index is -0.395. The maximum absolute atomic E-state index is 11.9. The van der Waals surface area contributed by atoms with Gasteiger partial charge in [0.2, 0.25) is 0 Å². The van der Waals surface area contributed by atoms with Crippen molar-refractivity contribution in [3.8, 4) is 11.3 Å². The zero-order valence-electron chi connectivity index (χ0n) is 10.2. The number of aromatic amines is 2. The maximum atomic E-state index is 11.9. The van der Waals surface area contributed by atoms with E-state index in [1.807, 2.05) is 0 Å². The van der Waals surface area contributed by atoms with Gasteiger partial charge in [0.1, 0.15) is 12.0 Å². The molecule has 3 heterocycles. The van der Waals surface area contributed by atoms with Gasteiger partial charge in [-0.1, -0.05) is 0 Å². The van der Waals surface area contributed by atoms with Gasteiger partial charge in [0.05, 0.1) is 29.4 Å². The molecule has 3 aromatic rings. The van der Waals surface area contributed by atoms with E-state index in [9.17, 15) is 4.79 Å². The van der Waals surface area contributed by atoms with Gasteiger partial charge >= 0.3 is 5.97 Å². The fourth-order valence-electron chi connectivity index (χ4n) is 1.93. The molecule has 0 unspecified atom stereocenters. The predicted molar refractivity (Wildman–Crippen MR) is 67.4 cm³/mol. The molecule has 0 aliphatic carbocycles. The lowest BCUT2D eigenvalue weighted by Crippen LogP contribution is -2.04. The van der Waals surface area contributed by atoms with Crippen molar-refractivity contribution in [2.24, 2.45) is 0 Å². The number of ether oxygens (including phenoxy) is 1. The van der Waals surface area contributed by atoms with E-state index < -0.39 is 5.97 Å². The first-order chi connectivity index (χ1) is 9.31. The molecule has 0 saturated heterocycles. The van der Waals surface area contributed by atoms with Gasteiger partial charge in [-0.2, -0.15) is 5.10 Å². The molecule has 0 fully saturated rings. The Hall–Kier alpha value is -2.70. The number of nitrogens with one attached hydrogen (secondary N) is 2. The highest BCUT2D eigenvalue weighted by atomic mass is 16.5. The first-order valence-corrected chi connectivity index (χ1v) is 5.79. The Morgan fingerprint density at radius 3 is 3.00 bits per heavy atom. The minimum absolute atomic E-state index is 0.320. The van der Waals surface area contributed by atoms with Crippen LogP contribution in [0, 0.1) is 0 Å². The highest BCUT2D eigenvalue weighted by Crippen LogP contribution is 2.27. The normalized spacial score (nSPS) is 10.8. The van der Waals surface area contributed by atoms with Crippen LogP contribution in [0.3, 0.4) is 0 Å². The summed E-state index contributed by atoms with van der Waals surface area (Å²) in [4.78, 5) is 23.2. The molecule has 19 heavy (non-hydrogen) atoms. The molecule has 7 heteroatoms. The van der Waals surface area contributed by atoms with E-state index >= 15 is 0 Å². The summed E-state index contributed by atoms with van der Waals surface area (Å²) in [6.45, 7) is 2.08. The Kier molecular flexibility index (Phi) is 2.71. The maximum Gasteiger partial charge on any atom is 0.340 e. The fraction of sp³-hybridized carbons (Fsp3) is 0.167. The number of esters is 1. The number of fused-ring (bicyclic) bond motifs is 1. The van der Waals surface area contributed by atoms with E-state index in [1.165, 1.54) is 6.33 Å². The van der Waals surface area contributed by atoms with Crippen molar-refractivity contribution in [3.05, 3.63) is 30.5 Å². The predicted octanol–water partition coefficient (Wildman–Crippen LogP) is 1.52. The van der Waals surface area contributed by atoms with E-state index in [2.05, 4.69) is 25.1 Å². The van der Waals surface area contributed by atoms with Crippen LogP contribution in [0.1, 0.15) is 17.3 Å². The van der Waals surface area contributed by atoms with Crippen LogP contribution in [0.4, 0.5) is 0 Å². The molecule has 0 aromatic carbocycles. The Balaban J connectivity index is 2.23. The second-order valence-corrected chi connectivity index (χ2v) is 3.86. The molecular weight excluding hydrogens is 246 g/mol. The molecular formula is C12H11N5O2. The number of carbonyl (C=O) groups excluding carboxylic acids is 1. The van der Waals surface area contributed by atoms with Crippen LogP contribution < -0.4 is 0 Å². The van der Waals surface area contributed by atoms with Crippen LogP contribution in [-0.2, 0) is 4.74 Å². The average molecular weight is 257 g/mol. The smallest absolute Gasteiger partial charge is 0.340 e. The molecule has 0 bridgehead atoms. The van der Waals surface area contributed by atoms with Crippen LogP contribution in [-0.4, -0.2) is 37.7 Å². The average Bonchev–Trinajstić information content (AvgIpc) is 3.08. The highest BCUT2D eigenvalue weighted by Gasteiger charge is 2.18. The summed E-state index contributed by atoms with van der Waals surface area (Å²) in [6, 6.07) is 0. The number of aromatic nitrogens is 5. The fourth-order valence-corrected chi connectivity index (χ4v) is 1.93. The van der Waals surface area contributed by atoms with Crippen molar-refractivity contribution in [2.75, 3.05) is 6.61 Å². The monoisotopic (exact) mass is 257 g/mol. The molecule has 3 rings (SSSR count). The molecule has 96 valence electrons. The lowest BCUT2D eigenvalue weighted by Gasteiger charge is -2.02. The zero-order valence-corrected chi connectivity index (χ0v) is 10.2. The minimum Gasteiger partial charge on any atom is -0.462 e. The number of nitrogens with zero attached hydrogens (tertiary/aromatic N) is 3. The summed E-state index contributed by atoms with van der Waals surface area (Å²) in [7, 11) is 0. The van der Waals surface area contributed by atoms with Crippen molar-refractivity contribution < 1.29 is 9.53 Å². The third-order valence-electron chi connectivity index (χ3n) is 2.74. The summed E-state index contributed by atoms with van der Waals surface area (Å²) in [5, 5.41) is 7.25. The first kappa shape index (κ1) is 11.4. The van der Waals surface area contributed by atoms with Gasteiger partial charge in [-0.25, -0.2) is 14.8 Å². The third-order valence-corrected chi connectivity index (χ3v) is 2.74. The first-order valence-electron chi connectivity index (χ1n) is 5.79. The summed E-state index contributed by atoms with van der Waals surface area (Å²) in [6.07, 6.45) is 6.38. The van der Waals surface area contributed by atoms with Crippen molar-refractivity contribution >= 4 is 17.0 Å². The molecule has 0 atom stereocenters. The Morgan fingerprint density at radius 1 is 1.37 bits per heavy atom. The SMILES string of the molecule is CCOC(=O)c1c[nH]c2ncnc(-c3cn[nH]c3)c12. The largest absolute Gasteiger partial charge is 0.462 e. The summed E-state index contributed by atoms with van der Waals surface area (Å²) in [5.41, 5.74) is 2.45. The van der Waals surface area contributed by atoms with E-state index in [0.29, 0.717) is 28.9 Å². The quantitative estimate of drug-likeness (QED) is 0.693. The van der Waals surface area contributed by atoms with Gasteiger partial charge in [-0.05, 0) is 6.92 Å². The van der Waals surface area contributed by atoms with Crippen LogP contribution in [0.15, 0.2) is 24.9 Å². The van der Waals surface area contributed by atoms with E-state index in [1.54, 1.807) is 25.5 Å². The molecule has 2 N–H and O–H groups in total. The molecule has 0 saturated carbocycles. The van der Waals surface area contributed by atoms with Crippen LogP contribution >= 0.6 is 0 Å². The van der Waals surface area contributed by atoms with Gasteiger partial charge in [0.15, 0.2) is 0 Å². The number of carbonyl (C=O) groups is 1. The molecule has 0 amide bonds. The van der Waals surface area contributed by atoms with Gasteiger partial charge in [0.25, 0.3) is 0 Å². The summed E-state index contributed by atoms with van der Waals surface area (Å²) in [5.74, 6) is -0.395. The van der Waals surface area contributed by atoms with E-state index in [0.717, 1.165) is 5.56 Å². The van der Waals surface area contributed by atoms with Crippen LogP contribution in [0.2, 0.25) is 0 Å². The van der Waals surface area contributed by atoms with Gasteiger partial charge in [-0.3, -0.25) is 5.10 Å². The molecule has 0 aliphatic heterocycles. The number of hydrogen-bond donors (Lipinski definition) is 2. The zero-order chi connectivity index (χ0) is 13.2. The standard InChI is InChI=1S/C12H11N5O2/c1-2-19-12(18)8-5-13-11-9(8)10(14-6-15-11)7-3-16-17-4-7/h3-6H,2H2,1H3,(H,16,17)(H,13,14,15). The number of H-pyrrole nitrogens is 2. The van der Waals surface area contributed by atoms with Crippen molar-refractivity contribution in [1.82, 2.24) is 25.1 Å². The summed E-state index contributed by atoms with van der Waals surface area (Å²) >= 11 is 0. The molecule has 0 radical (unpaired) electrons. The van der Waals surface area contributed by atoms with Crippen molar-refractivity contribution in [2.45, 2.75) is 6.92 Å². The van der Waals surface area contributed by atoms with Gasteiger partial charge in [0, 0.05) is 18.0 Å². The van der Waals surface area contributed by atoms with Gasteiger partial charge < -0.3 is 9.72 Å². The van der Waals surface area contributed by atoms with E-state index in [-0.39, 0.29) is 0 Å². The molecule has 0 spiro atoms. The van der Waals surface area contributed by atoms with Crippen molar-refractivity contribution in [1.29, 1.82) is 0 Å². The molecule has 0 aliphatic rings. The summed E-state index contributed by atoms with van der Waals surface area (Å²) < 4.78 is 5.03. The lowest BCUT2D eigenvalue weighted by atomic mass is 10.1. The second kappa shape index (κ2) is 4.52.